The van der Waals surface area contributed by atoms with Crippen LogP contribution in [0.2, 0.25) is 0 Å². The minimum atomic E-state index is -0.185. The van der Waals surface area contributed by atoms with Crippen LogP contribution in [0.15, 0.2) is 23.4 Å². The highest BCUT2D eigenvalue weighted by atomic mass is 35.5. The minimum absolute atomic E-state index is 0. The molecule has 0 unspecified atom stereocenters. The smallest absolute Gasteiger partial charge is 0.149 e. The van der Waals surface area contributed by atoms with Crippen LogP contribution in [-0.4, -0.2) is 5.11 Å². The van der Waals surface area contributed by atoms with Crippen LogP contribution in [0.5, 0.6) is 5.75 Å². The van der Waals surface area contributed by atoms with Gasteiger partial charge in [-0.25, -0.2) is 0 Å². The molecule has 0 fully saturated rings. The van der Waals surface area contributed by atoms with Gasteiger partial charge in [0.2, 0.25) is 0 Å². The average Bonchev–Trinajstić information content (AvgIpc) is 1.88. The maximum atomic E-state index is 9.89. The van der Waals surface area contributed by atoms with Crippen LogP contribution in [0, 0.1) is 4.91 Å². The summed E-state index contributed by atoms with van der Waals surface area (Å²) in [7, 11) is 0. The maximum absolute atomic E-state index is 9.89. The lowest BCUT2D eigenvalue weighted by Crippen LogP contribution is -1.81. The lowest BCUT2D eigenvalue weighted by Gasteiger charge is -1.95. The molecule has 4 nitrogen and oxygen atoms in total. The van der Waals surface area contributed by atoms with Gasteiger partial charge < -0.3 is 10.8 Å². The maximum Gasteiger partial charge on any atom is 0.149 e. The van der Waals surface area contributed by atoms with Gasteiger partial charge in [-0.2, -0.15) is 0 Å². The van der Waals surface area contributed by atoms with E-state index in [1.165, 1.54) is 18.2 Å². The first kappa shape index (κ1) is 9.71. The Labute approximate surface area is 69.4 Å². The van der Waals surface area contributed by atoms with Crippen molar-refractivity contribution in [2.24, 2.45) is 5.18 Å². The van der Waals surface area contributed by atoms with Crippen molar-refractivity contribution in [3.05, 3.63) is 23.1 Å². The van der Waals surface area contributed by atoms with Gasteiger partial charge >= 0.3 is 0 Å². The highest BCUT2D eigenvalue weighted by Crippen LogP contribution is 2.27. The second-order valence-electron chi connectivity index (χ2n) is 1.84. The molecular weight excluding hydrogens is 168 g/mol. The van der Waals surface area contributed by atoms with Gasteiger partial charge in [0.15, 0.2) is 0 Å². The van der Waals surface area contributed by atoms with Gasteiger partial charge in [-0.05, 0) is 17.3 Å². The van der Waals surface area contributed by atoms with Crippen molar-refractivity contribution in [1.82, 2.24) is 0 Å². The lowest BCUT2D eigenvalue weighted by atomic mass is 10.3. The van der Waals surface area contributed by atoms with Crippen molar-refractivity contribution < 1.29 is 5.11 Å². The number of nitroso groups, excluding NO2 is 1. The van der Waals surface area contributed by atoms with Gasteiger partial charge in [0.05, 0.1) is 0 Å². The molecule has 0 aromatic heterocycles. The van der Waals surface area contributed by atoms with Gasteiger partial charge in [0.25, 0.3) is 0 Å². The number of benzene rings is 1. The molecular formula is C6H7ClN2O2. The van der Waals surface area contributed by atoms with E-state index in [9.17, 15) is 4.91 Å². The summed E-state index contributed by atoms with van der Waals surface area (Å²) in [5, 5.41) is 11.5. The molecule has 0 aliphatic heterocycles. The van der Waals surface area contributed by atoms with E-state index in [0.29, 0.717) is 5.69 Å². The van der Waals surface area contributed by atoms with E-state index < -0.39 is 0 Å². The largest absolute Gasteiger partial charge is 0.505 e. The molecule has 0 heterocycles. The van der Waals surface area contributed by atoms with Crippen molar-refractivity contribution in [2.45, 2.75) is 0 Å². The SMILES string of the molecule is Cl.Nc1ccc(N=O)c(O)c1. The van der Waals surface area contributed by atoms with Crippen molar-refractivity contribution in [2.75, 3.05) is 5.73 Å². The molecule has 11 heavy (non-hydrogen) atoms. The predicted octanol–water partition coefficient (Wildman–Crippen LogP) is 1.79. The number of halogens is 1. The van der Waals surface area contributed by atoms with E-state index >= 15 is 0 Å². The summed E-state index contributed by atoms with van der Waals surface area (Å²) in [5.41, 5.74) is 5.69. The van der Waals surface area contributed by atoms with Gasteiger partial charge in [0.1, 0.15) is 11.4 Å². The predicted molar refractivity (Wildman–Crippen MR) is 45.2 cm³/mol. The fourth-order valence-corrected chi connectivity index (χ4v) is 0.618. The summed E-state index contributed by atoms with van der Waals surface area (Å²) in [5.74, 6) is -0.185. The highest BCUT2D eigenvalue weighted by molar-refractivity contribution is 5.85. The summed E-state index contributed by atoms with van der Waals surface area (Å²) < 4.78 is 0. The zero-order valence-electron chi connectivity index (χ0n) is 5.52. The summed E-state index contributed by atoms with van der Waals surface area (Å²) in [6.45, 7) is 0. The van der Waals surface area contributed by atoms with Crippen LogP contribution in [0.25, 0.3) is 0 Å². The molecule has 0 saturated carbocycles. The number of rotatable bonds is 1. The normalized spacial score (nSPS) is 8.36. The third-order valence-corrected chi connectivity index (χ3v) is 1.10. The topological polar surface area (TPSA) is 75.7 Å². The number of anilines is 1. The first-order valence-electron chi connectivity index (χ1n) is 2.66. The van der Waals surface area contributed by atoms with Crippen molar-refractivity contribution in [1.29, 1.82) is 0 Å². The molecule has 0 bridgehead atoms. The standard InChI is InChI=1S/C6H6N2O2.ClH/c7-4-1-2-5(8-10)6(9)3-4;/h1-3,9H,7H2;1H. The van der Waals surface area contributed by atoms with E-state index in [2.05, 4.69) is 5.18 Å². The van der Waals surface area contributed by atoms with E-state index in [-0.39, 0.29) is 23.8 Å². The molecule has 5 heteroatoms. The molecule has 0 saturated heterocycles. The molecule has 1 aromatic carbocycles. The van der Waals surface area contributed by atoms with Gasteiger partial charge in [-0.1, -0.05) is 0 Å². The zero-order chi connectivity index (χ0) is 7.56. The molecule has 3 N–H and O–H groups in total. The summed E-state index contributed by atoms with van der Waals surface area (Å²) in [6, 6.07) is 4.13. The quantitative estimate of drug-likeness (QED) is 0.504. The van der Waals surface area contributed by atoms with Gasteiger partial charge in [-0.3, -0.25) is 0 Å². The number of hydrogen-bond acceptors (Lipinski definition) is 4. The first-order valence-corrected chi connectivity index (χ1v) is 2.66. The number of nitrogen functional groups attached to an aromatic ring is 1. The van der Waals surface area contributed by atoms with Gasteiger partial charge in [-0.15, -0.1) is 17.3 Å². The first-order chi connectivity index (χ1) is 4.74. The monoisotopic (exact) mass is 174 g/mol. The Hall–Kier alpha value is -1.29. The van der Waals surface area contributed by atoms with Crippen molar-refractivity contribution in [3.63, 3.8) is 0 Å². The second-order valence-corrected chi connectivity index (χ2v) is 1.84. The molecule has 60 valence electrons. The number of phenolic OH excluding ortho intramolecular Hbond substituents is 1. The van der Waals surface area contributed by atoms with E-state index in [0.717, 1.165) is 0 Å². The molecule has 1 aromatic rings. The Bertz CT molecular complexity index is 265. The third kappa shape index (κ3) is 2.09. The van der Waals surface area contributed by atoms with Crippen LogP contribution in [0.3, 0.4) is 0 Å². The third-order valence-electron chi connectivity index (χ3n) is 1.10. The van der Waals surface area contributed by atoms with E-state index in [1.807, 2.05) is 0 Å². The Balaban J connectivity index is 0.000001000. The summed E-state index contributed by atoms with van der Waals surface area (Å²) in [4.78, 5) is 9.89. The Morgan fingerprint density at radius 2 is 2.09 bits per heavy atom. The van der Waals surface area contributed by atoms with Crippen LogP contribution < -0.4 is 5.73 Å². The van der Waals surface area contributed by atoms with E-state index in [1.54, 1.807) is 0 Å². The van der Waals surface area contributed by atoms with Crippen LogP contribution >= 0.6 is 12.4 Å². The number of aromatic hydroxyl groups is 1. The lowest BCUT2D eigenvalue weighted by molar-refractivity contribution is 0.477. The fraction of sp³-hybridized carbons (Fsp3) is 0. The number of phenols is 1. The van der Waals surface area contributed by atoms with Crippen LogP contribution in [0.4, 0.5) is 11.4 Å². The average molecular weight is 175 g/mol. The van der Waals surface area contributed by atoms with Crippen molar-refractivity contribution >= 4 is 23.8 Å². The van der Waals surface area contributed by atoms with Crippen molar-refractivity contribution in [3.8, 4) is 5.75 Å². The number of hydrogen-bond donors (Lipinski definition) is 2. The van der Waals surface area contributed by atoms with Gasteiger partial charge in [0, 0.05) is 11.8 Å². The minimum Gasteiger partial charge on any atom is -0.505 e. The summed E-state index contributed by atoms with van der Waals surface area (Å²) in [6.07, 6.45) is 0. The highest BCUT2D eigenvalue weighted by Gasteiger charge is 1.98. The molecule has 1 rings (SSSR count). The Kier molecular flexibility index (Phi) is 3.33. The molecule has 0 amide bonds. The number of nitrogens with two attached hydrogens (primary N) is 1. The zero-order valence-corrected chi connectivity index (χ0v) is 6.34. The molecule has 0 aliphatic carbocycles. The summed E-state index contributed by atoms with van der Waals surface area (Å²) >= 11 is 0. The molecule has 0 aliphatic rings. The van der Waals surface area contributed by atoms with E-state index in [4.69, 9.17) is 10.8 Å². The Morgan fingerprint density at radius 1 is 1.45 bits per heavy atom. The Morgan fingerprint density at radius 3 is 2.55 bits per heavy atom. The molecule has 0 spiro atoms. The second kappa shape index (κ2) is 3.78. The fourth-order valence-electron chi connectivity index (χ4n) is 0.618. The van der Waals surface area contributed by atoms with Crippen LogP contribution in [0.1, 0.15) is 0 Å². The number of nitrogens with zero attached hydrogens (tertiary/aromatic N) is 1. The molecule has 0 radical (unpaired) electrons. The molecule has 0 atom stereocenters. The van der Waals surface area contributed by atoms with Crippen LogP contribution in [-0.2, 0) is 0 Å².